The molecule has 1 heterocycles. The third kappa shape index (κ3) is 4.50. The number of piperidine rings is 1. The van der Waals surface area contributed by atoms with Gasteiger partial charge in [0.05, 0.1) is 10.6 Å². The summed E-state index contributed by atoms with van der Waals surface area (Å²) in [6.07, 6.45) is 1.97. The van der Waals surface area contributed by atoms with Crippen LogP contribution in [0, 0.1) is 19.8 Å². The monoisotopic (exact) mass is 386 g/mol. The Kier molecular flexibility index (Phi) is 5.56. The number of benzene rings is 2. The Hall–Kier alpha value is -2.34. The molecule has 1 amide bonds. The van der Waals surface area contributed by atoms with E-state index in [0.717, 1.165) is 37.1 Å². The predicted octanol–water partition coefficient (Wildman–Crippen LogP) is 3.98. The van der Waals surface area contributed by atoms with E-state index in [2.05, 4.69) is 11.6 Å². The van der Waals surface area contributed by atoms with Gasteiger partial charge in [0.25, 0.3) is 15.9 Å². The fourth-order valence-electron chi connectivity index (χ4n) is 3.32. The van der Waals surface area contributed by atoms with E-state index >= 15 is 0 Å². The molecule has 1 aliphatic heterocycles. The average molecular weight is 387 g/mol. The zero-order valence-corrected chi connectivity index (χ0v) is 16.8. The van der Waals surface area contributed by atoms with E-state index in [1.54, 1.807) is 18.2 Å². The van der Waals surface area contributed by atoms with Crippen molar-refractivity contribution in [3.63, 3.8) is 0 Å². The molecule has 5 nitrogen and oxygen atoms in total. The molecule has 2 aromatic carbocycles. The Balaban J connectivity index is 1.82. The first-order valence-electron chi connectivity index (χ1n) is 9.26. The lowest BCUT2D eigenvalue weighted by Crippen LogP contribution is -2.37. The van der Waals surface area contributed by atoms with Crippen LogP contribution in [-0.2, 0) is 10.0 Å². The van der Waals surface area contributed by atoms with Crippen LogP contribution in [0.1, 0.15) is 41.3 Å². The standard InChI is InChI=1S/C21H26N2O3S/c1-15-9-11-23(12-10-15)21(24)18-5-4-6-19(14-18)27(25,26)22-20-8-7-16(2)13-17(20)3/h4-8,13-15,22H,9-12H2,1-3H3. The van der Waals surface area contributed by atoms with E-state index in [4.69, 9.17) is 0 Å². The van der Waals surface area contributed by atoms with Crippen LogP contribution in [-0.4, -0.2) is 32.3 Å². The Morgan fingerprint density at radius 3 is 2.44 bits per heavy atom. The number of carbonyl (C=O) groups is 1. The molecule has 3 rings (SSSR count). The van der Waals surface area contributed by atoms with E-state index in [1.807, 2.05) is 30.9 Å². The third-order valence-corrected chi connectivity index (χ3v) is 6.45. The fraction of sp³-hybridized carbons (Fsp3) is 0.381. The Morgan fingerprint density at radius 1 is 1.07 bits per heavy atom. The maximum Gasteiger partial charge on any atom is 0.261 e. The Morgan fingerprint density at radius 2 is 1.78 bits per heavy atom. The summed E-state index contributed by atoms with van der Waals surface area (Å²) in [6.45, 7) is 7.45. The number of hydrogen-bond donors (Lipinski definition) is 1. The number of sulfonamides is 1. The lowest BCUT2D eigenvalue weighted by molar-refractivity contribution is 0.0697. The maximum atomic E-state index is 12.8. The smallest absolute Gasteiger partial charge is 0.261 e. The van der Waals surface area contributed by atoms with Crippen molar-refractivity contribution in [2.75, 3.05) is 17.8 Å². The van der Waals surface area contributed by atoms with Gasteiger partial charge in [-0.25, -0.2) is 8.42 Å². The average Bonchev–Trinajstić information content (AvgIpc) is 2.64. The molecule has 1 N–H and O–H groups in total. The molecular formula is C21H26N2O3S. The van der Waals surface area contributed by atoms with Crippen molar-refractivity contribution in [2.45, 2.75) is 38.5 Å². The number of hydrogen-bond acceptors (Lipinski definition) is 3. The van der Waals surface area contributed by atoms with Crippen LogP contribution in [0.4, 0.5) is 5.69 Å². The highest BCUT2D eigenvalue weighted by Gasteiger charge is 2.23. The van der Waals surface area contributed by atoms with Gasteiger partial charge in [0.15, 0.2) is 0 Å². The minimum absolute atomic E-state index is 0.0960. The molecule has 0 aliphatic carbocycles. The molecule has 6 heteroatoms. The van der Waals surface area contributed by atoms with Gasteiger partial charge in [0.1, 0.15) is 0 Å². The quantitative estimate of drug-likeness (QED) is 0.864. The number of carbonyl (C=O) groups excluding carboxylic acids is 1. The van der Waals surface area contributed by atoms with Gasteiger partial charge < -0.3 is 4.90 Å². The van der Waals surface area contributed by atoms with E-state index in [9.17, 15) is 13.2 Å². The minimum Gasteiger partial charge on any atom is -0.339 e. The van der Waals surface area contributed by atoms with Gasteiger partial charge in [0, 0.05) is 18.7 Å². The number of aryl methyl sites for hydroxylation is 2. The van der Waals surface area contributed by atoms with Crippen molar-refractivity contribution < 1.29 is 13.2 Å². The van der Waals surface area contributed by atoms with Crippen LogP contribution in [0.5, 0.6) is 0 Å². The van der Waals surface area contributed by atoms with E-state index < -0.39 is 10.0 Å². The molecule has 0 radical (unpaired) electrons. The third-order valence-electron chi connectivity index (χ3n) is 5.09. The van der Waals surface area contributed by atoms with Crippen LogP contribution in [0.3, 0.4) is 0 Å². The van der Waals surface area contributed by atoms with E-state index in [1.165, 1.54) is 12.1 Å². The first-order valence-corrected chi connectivity index (χ1v) is 10.7. The van der Waals surface area contributed by atoms with E-state index in [0.29, 0.717) is 17.2 Å². The molecule has 0 saturated carbocycles. The summed E-state index contributed by atoms with van der Waals surface area (Å²) < 4.78 is 28.2. The Bertz CT molecular complexity index is 946. The number of amides is 1. The molecule has 0 atom stereocenters. The number of anilines is 1. The number of nitrogens with zero attached hydrogens (tertiary/aromatic N) is 1. The van der Waals surface area contributed by atoms with Crippen molar-refractivity contribution in [2.24, 2.45) is 5.92 Å². The molecule has 0 unspecified atom stereocenters. The molecule has 1 fully saturated rings. The van der Waals surface area contributed by atoms with Crippen LogP contribution >= 0.6 is 0 Å². The second-order valence-electron chi connectivity index (χ2n) is 7.43. The minimum atomic E-state index is -3.76. The molecule has 0 spiro atoms. The first kappa shape index (κ1) is 19.4. The molecule has 27 heavy (non-hydrogen) atoms. The summed E-state index contributed by atoms with van der Waals surface area (Å²) in [5.74, 6) is 0.521. The normalized spacial score (nSPS) is 15.6. The van der Waals surface area contributed by atoms with Crippen molar-refractivity contribution in [3.05, 3.63) is 59.2 Å². The summed E-state index contributed by atoms with van der Waals surface area (Å²) >= 11 is 0. The second kappa shape index (κ2) is 7.72. The van der Waals surface area contributed by atoms with Crippen LogP contribution < -0.4 is 4.72 Å². The fourth-order valence-corrected chi connectivity index (χ4v) is 4.50. The zero-order chi connectivity index (χ0) is 19.6. The summed E-state index contributed by atoms with van der Waals surface area (Å²) in [6, 6.07) is 11.8. The summed E-state index contributed by atoms with van der Waals surface area (Å²) in [5, 5.41) is 0. The zero-order valence-electron chi connectivity index (χ0n) is 16.0. The van der Waals surface area contributed by atoms with Crippen molar-refractivity contribution >= 4 is 21.6 Å². The van der Waals surface area contributed by atoms with Crippen molar-refractivity contribution in [3.8, 4) is 0 Å². The number of nitrogens with one attached hydrogen (secondary N) is 1. The van der Waals surface area contributed by atoms with Crippen LogP contribution in [0.25, 0.3) is 0 Å². The van der Waals surface area contributed by atoms with Crippen molar-refractivity contribution in [1.82, 2.24) is 4.90 Å². The summed E-state index contributed by atoms with van der Waals surface area (Å²) in [4.78, 5) is 14.7. The first-order chi connectivity index (χ1) is 12.8. The number of likely N-dealkylation sites (tertiary alicyclic amines) is 1. The largest absolute Gasteiger partial charge is 0.339 e. The molecule has 144 valence electrons. The van der Waals surface area contributed by atoms with Crippen LogP contribution in [0.2, 0.25) is 0 Å². The highest BCUT2D eigenvalue weighted by atomic mass is 32.2. The van der Waals surface area contributed by atoms with Gasteiger partial charge in [-0.1, -0.05) is 30.7 Å². The van der Waals surface area contributed by atoms with Gasteiger partial charge in [-0.15, -0.1) is 0 Å². The van der Waals surface area contributed by atoms with Crippen molar-refractivity contribution in [1.29, 1.82) is 0 Å². The Labute approximate surface area is 161 Å². The molecule has 0 bridgehead atoms. The van der Waals surface area contributed by atoms with Crippen LogP contribution in [0.15, 0.2) is 47.4 Å². The van der Waals surface area contributed by atoms with Gasteiger partial charge in [-0.05, 0) is 62.4 Å². The highest BCUT2D eigenvalue weighted by molar-refractivity contribution is 7.92. The van der Waals surface area contributed by atoms with Gasteiger partial charge in [0.2, 0.25) is 0 Å². The second-order valence-corrected chi connectivity index (χ2v) is 9.11. The SMILES string of the molecule is Cc1ccc(NS(=O)(=O)c2cccc(C(=O)N3CCC(C)CC3)c2)c(C)c1. The summed E-state index contributed by atoms with van der Waals surface area (Å²) in [7, 11) is -3.76. The maximum absolute atomic E-state index is 12.8. The van der Waals surface area contributed by atoms with Gasteiger partial charge >= 0.3 is 0 Å². The molecule has 2 aromatic rings. The van der Waals surface area contributed by atoms with E-state index in [-0.39, 0.29) is 10.8 Å². The lowest BCUT2D eigenvalue weighted by Gasteiger charge is -2.30. The topological polar surface area (TPSA) is 66.5 Å². The highest BCUT2D eigenvalue weighted by Crippen LogP contribution is 2.23. The predicted molar refractivity (Wildman–Crippen MR) is 107 cm³/mol. The summed E-state index contributed by atoms with van der Waals surface area (Å²) in [5.41, 5.74) is 2.88. The lowest BCUT2D eigenvalue weighted by atomic mass is 9.98. The molecule has 1 aliphatic rings. The van der Waals surface area contributed by atoms with Gasteiger partial charge in [-0.2, -0.15) is 0 Å². The number of rotatable bonds is 4. The molecule has 1 saturated heterocycles. The molecular weight excluding hydrogens is 360 g/mol. The molecule has 0 aromatic heterocycles. The van der Waals surface area contributed by atoms with Gasteiger partial charge in [-0.3, -0.25) is 9.52 Å².